The zero-order valence-electron chi connectivity index (χ0n) is 13.9. The van der Waals surface area contributed by atoms with Crippen LogP contribution in [0, 0.1) is 0 Å². The topological polar surface area (TPSA) is 64.6 Å². The van der Waals surface area contributed by atoms with E-state index in [2.05, 4.69) is 9.97 Å². The summed E-state index contributed by atoms with van der Waals surface area (Å²) in [5.41, 5.74) is 1.57. The third kappa shape index (κ3) is 3.48. The van der Waals surface area contributed by atoms with Crippen molar-refractivity contribution in [3.8, 4) is 11.5 Å². The first kappa shape index (κ1) is 16.2. The summed E-state index contributed by atoms with van der Waals surface area (Å²) >= 11 is 0. The summed E-state index contributed by atoms with van der Waals surface area (Å²) in [7, 11) is 3.16. The van der Waals surface area contributed by atoms with Gasteiger partial charge < -0.3 is 14.4 Å². The van der Waals surface area contributed by atoms with Crippen molar-refractivity contribution < 1.29 is 14.3 Å². The number of amides is 1. The number of nitrogens with zero attached hydrogens (tertiary/aromatic N) is 3. The monoisotopic (exact) mass is 327 g/mol. The van der Waals surface area contributed by atoms with Crippen molar-refractivity contribution in [2.75, 3.05) is 27.3 Å². The van der Waals surface area contributed by atoms with Crippen LogP contribution in [0.4, 0.5) is 0 Å². The molecule has 2 heterocycles. The minimum atomic E-state index is -0.00837. The Labute approximate surface area is 141 Å². The molecule has 0 unspecified atom stereocenters. The number of aromatic nitrogens is 2. The summed E-state index contributed by atoms with van der Waals surface area (Å²) < 4.78 is 10.5. The number of carbonyl (C=O) groups excluding carboxylic acids is 1. The van der Waals surface area contributed by atoms with Crippen LogP contribution in [0.15, 0.2) is 36.8 Å². The highest BCUT2D eigenvalue weighted by molar-refractivity contribution is 5.95. The molecular weight excluding hydrogens is 306 g/mol. The highest BCUT2D eigenvalue weighted by Gasteiger charge is 2.26. The molecule has 2 aromatic rings. The second-order valence-electron chi connectivity index (χ2n) is 5.83. The minimum Gasteiger partial charge on any atom is -0.497 e. The molecule has 1 saturated heterocycles. The van der Waals surface area contributed by atoms with Gasteiger partial charge in [0.15, 0.2) is 0 Å². The molecule has 0 saturated carbocycles. The molecule has 6 nitrogen and oxygen atoms in total. The van der Waals surface area contributed by atoms with E-state index in [0.29, 0.717) is 23.6 Å². The first-order valence-corrected chi connectivity index (χ1v) is 7.99. The molecule has 3 rings (SSSR count). The first-order valence-electron chi connectivity index (χ1n) is 7.99. The fourth-order valence-electron chi connectivity index (χ4n) is 3.06. The molecule has 0 spiro atoms. The number of likely N-dealkylation sites (tertiary alicyclic amines) is 1. The third-order valence-corrected chi connectivity index (χ3v) is 4.33. The number of methoxy groups -OCH3 is 2. The predicted octanol–water partition coefficient (Wildman–Crippen LogP) is 2.51. The highest BCUT2D eigenvalue weighted by Crippen LogP contribution is 2.28. The number of benzene rings is 1. The fourth-order valence-corrected chi connectivity index (χ4v) is 3.06. The predicted molar refractivity (Wildman–Crippen MR) is 89.5 cm³/mol. The first-order chi connectivity index (χ1) is 11.7. The maximum atomic E-state index is 12.9. The summed E-state index contributed by atoms with van der Waals surface area (Å²) in [6.07, 6.45) is 5.29. The molecule has 0 radical (unpaired) electrons. The van der Waals surface area contributed by atoms with E-state index in [-0.39, 0.29) is 11.8 Å². The molecule has 1 aliphatic heterocycles. The Hall–Kier alpha value is -2.63. The SMILES string of the molecule is COc1cc(OC)cc(C(=O)N2CCC[C@H](c3ccncn3)C2)c1. The van der Waals surface area contributed by atoms with Crippen LogP contribution in [-0.4, -0.2) is 48.1 Å². The zero-order chi connectivity index (χ0) is 16.9. The van der Waals surface area contributed by atoms with Crippen molar-refractivity contribution in [3.05, 3.63) is 48.0 Å². The van der Waals surface area contributed by atoms with Crippen LogP contribution in [0.5, 0.6) is 11.5 Å². The van der Waals surface area contributed by atoms with E-state index in [0.717, 1.165) is 25.1 Å². The molecule has 1 amide bonds. The Kier molecular flexibility index (Phi) is 4.93. The van der Waals surface area contributed by atoms with E-state index < -0.39 is 0 Å². The summed E-state index contributed by atoms with van der Waals surface area (Å²) in [5, 5.41) is 0. The van der Waals surface area contributed by atoms with Gasteiger partial charge in [-0.05, 0) is 31.0 Å². The Morgan fingerprint density at radius 3 is 2.58 bits per heavy atom. The van der Waals surface area contributed by atoms with Gasteiger partial charge in [-0.2, -0.15) is 0 Å². The minimum absolute atomic E-state index is 0.00837. The third-order valence-electron chi connectivity index (χ3n) is 4.33. The largest absolute Gasteiger partial charge is 0.497 e. The van der Waals surface area contributed by atoms with Crippen LogP contribution in [0.1, 0.15) is 34.8 Å². The maximum absolute atomic E-state index is 12.9. The molecular formula is C18H21N3O3. The summed E-state index contributed by atoms with van der Waals surface area (Å²) in [5.74, 6) is 1.47. The molecule has 1 fully saturated rings. The number of hydrogen-bond acceptors (Lipinski definition) is 5. The van der Waals surface area contributed by atoms with Crippen molar-refractivity contribution in [3.63, 3.8) is 0 Å². The van der Waals surface area contributed by atoms with Gasteiger partial charge in [-0.3, -0.25) is 4.79 Å². The normalized spacial score (nSPS) is 17.4. The quantitative estimate of drug-likeness (QED) is 0.863. The molecule has 24 heavy (non-hydrogen) atoms. The van der Waals surface area contributed by atoms with Crippen molar-refractivity contribution in [2.45, 2.75) is 18.8 Å². The second-order valence-corrected chi connectivity index (χ2v) is 5.83. The smallest absolute Gasteiger partial charge is 0.254 e. The van der Waals surface area contributed by atoms with Gasteiger partial charge in [-0.25, -0.2) is 9.97 Å². The molecule has 1 aliphatic rings. The van der Waals surface area contributed by atoms with Crippen LogP contribution in [0.2, 0.25) is 0 Å². The van der Waals surface area contributed by atoms with E-state index in [9.17, 15) is 4.79 Å². The van der Waals surface area contributed by atoms with E-state index in [1.165, 1.54) is 0 Å². The number of carbonyl (C=O) groups is 1. The Bertz CT molecular complexity index is 684. The van der Waals surface area contributed by atoms with Crippen LogP contribution in [0.25, 0.3) is 0 Å². The van der Waals surface area contributed by atoms with Gasteiger partial charge in [0.05, 0.1) is 14.2 Å². The lowest BCUT2D eigenvalue weighted by molar-refractivity contribution is 0.0705. The van der Waals surface area contributed by atoms with Crippen LogP contribution < -0.4 is 9.47 Å². The van der Waals surface area contributed by atoms with Gasteiger partial charge in [0, 0.05) is 42.5 Å². The average Bonchev–Trinajstić information content (AvgIpc) is 2.67. The second kappa shape index (κ2) is 7.29. The molecule has 0 N–H and O–H groups in total. The van der Waals surface area contributed by atoms with E-state index in [4.69, 9.17) is 9.47 Å². The van der Waals surface area contributed by atoms with Gasteiger partial charge in [0.2, 0.25) is 0 Å². The van der Waals surface area contributed by atoms with Crippen LogP contribution >= 0.6 is 0 Å². The van der Waals surface area contributed by atoms with Crippen molar-refractivity contribution in [2.24, 2.45) is 0 Å². The van der Waals surface area contributed by atoms with E-state index in [1.807, 2.05) is 11.0 Å². The molecule has 6 heteroatoms. The van der Waals surface area contributed by atoms with Gasteiger partial charge in [0.1, 0.15) is 17.8 Å². The number of hydrogen-bond donors (Lipinski definition) is 0. The number of piperidine rings is 1. The van der Waals surface area contributed by atoms with Crippen molar-refractivity contribution in [1.82, 2.24) is 14.9 Å². The maximum Gasteiger partial charge on any atom is 0.254 e. The number of ether oxygens (including phenoxy) is 2. The molecule has 0 aliphatic carbocycles. The Balaban J connectivity index is 1.79. The lowest BCUT2D eigenvalue weighted by Crippen LogP contribution is -2.39. The zero-order valence-corrected chi connectivity index (χ0v) is 13.9. The van der Waals surface area contributed by atoms with E-state index >= 15 is 0 Å². The molecule has 126 valence electrons. The van der Waals surface area contributed by atoms with Gasteiger partial charge in [-0.1, -0.05) is 0 Å². The average molecular weight is 327 g/mol. The lowest BCUT2D eigenvalue weighted by atomic mass is 9.94. The summed E-state index contributed by atoms with van der Waals surface area (Å²) in [6, 6.07) is 7.18. The summed E-state index contributed by atoms with van der Waals surface area (Å²) in [6.45, 7) is 1.41. The molecule has 1 atom stereocenters. The van der Waals surface area contributed by atoms with Crippen molar-refractivity contribution in [1.29, 1.82) is 0 Å². The fraction of sp³-hybridized carbons (Fsp3) is 0.389. The molecule has 0 bridgehead atoms. The summed E-state index contributed by atoms with van der Waals surface area (Å²) in [4.78, 5) is 23.1. The van der Waals surface area contributed by atoms with Crippen LogP contribution in [-0.2, 0) is 0 Å². The van der Waals surface area contributed by atoms with Crippen molar-refractivity contribution >= 4 is 5.91 Å². The van der Waals surface area contributed by atoms with E-state index in [1.54, 1.807) is 44.9 Å². The number of rotatable bonds is 4. The highest BCUT2D eigenvalue weighted by atomic mass is 16.5. The molecule has 1 aromatic carbocycles. The lowest BCUT2D eigenvalue weighted by Gasteiger charge is -2.32. The Morgan fingerprint density at radius 1 is 1.21 bits per heavy atom. The van der Waals surface area contributed by atoms with Crippen LogP contribution in [0.3, 0.4) is 0 Å². The van der Waals surface area contributed by atoms with Gasteiger partial charge >= 0.3 is 0 Å². The van der Waals surface area contributed by atoms with Gasteiger partial charge in [0.25, 0.3) is 5.91 Å². The van der Waals surface area contributed by atoms with Gasteiger partial charge in [-0.15, -0.1) is 0 Å². The molecule has 1 aromatic heterocycles. The Morgan fingerprint density at radius 2 is 1.96 bits per heavy atom. The standard InChI is InChI=1S/C18H21N3O3/c1-23-15-8-14(9-16(10-15)24-2)18(22)21-7-3-4-13(11-21)17-5-6-19-12-20-17/h5-6,8-10,12-13H,3-4,7,11H2,1-2H3/t13-/m0/s1.